The summed E-state index contributed by atoms with van der Waals surface area (Å²) in [6.07, 6.45) is -0.0796. The number of nitrogens with zero attached hydrogens (tertiary/aromatic N) is 3. The molecular weight excluding hydrogens is 328 g/mol. The molecule has 6 heteroatoms. The maximum Gasteiger partial charge on any atom is 0.274 e. The minimum Gasteiger partial charge on any atom is -0.485 e. The summed E-state index contributed by atoms with van der Waals surface area (Å²) in [6, 6.07) is 15.7. The molecule has 1 aliphatic heterocycles. The predicted molar refractivity (Wildman–Crippen MR) is 102 cm³/mol. The van der Waals surface area contributed by atoms with E-state index in [0.29, 0.717) is 12.2 Å². The number of rotatable bonds is 4. The summed E-state index contributed by atoms with van der Waals surface area (Å²) in [5, 5.41) is 7.97. The molecule has 6 nitrogen and oxygen atoms in total. The maximum atomic E-state index is 12.9. The van der Waals surface area contributed by atoms with Crippen LogP contribution in [0.1, 0.15) is 17.4 Å². The number of aromatic nitrogens is 2. The van der Waals surface area contributed by atoms with Crippen molar-refractivity contribution in [3.8, 4) is 5.75 Å². The van der Waals surface area contributed by atoms with Crippen molar-refractivity contribution in [3.05, 3.63) is 54.2 Å². The second kappa shape index (κ2) is 6.71. The molecule has 26 heavy (non-hydrogen) atoms. The second-order valence-corrected chi connectivity index (χ2v) is 6.55. The van der Waals surface area contributed by atoms with Crippen LogP contribution in [0.3, 0.4) is 0 Å². The van der Waals surface area contributed by atoms with Crippen LogP contribution in [0.15, 0.2) is 48.5 Å². The fourth-order valence-electron chi connectivity index (χ4n) is 3.47. The molecule has 0 bridgehead atoms. The largest absolute Gasteiger partial charge is 0.485 e. The highest BCUT2D eigenvalue weighted by atomic mass is 16.5. The SMILES string of the molecule is CCN1CC(CN(C)C(=O)c2n[nH]c3ccccc23)Oc2ccccc21. The van der Waals surface area contributed by atoms with Crippen molar-refractivity contribution in [2.45, 2.75) is 13.0 Å². The topological polar surface area (TPSA) is 61.5 Å². The molecule has 1 aromatic heterocycles. The zero-order valence-electron chi connectivity index (χ0n) is 15.0. The zero-order chi connectivity index (χ0) is 18.1. The molecule has 4 rings (SSSR count). The van der Waals surface area contributed by atoms with E-state index < -0.39 is 0 Å². The molecule has 0 radical (unpaired) electrons. The van der Waals surface area contributed by atoms with Crippen LogP contribution in [-0.2, 0) is 0 Å². The first-order valence-electron chi connectivity index (χ1n) is 8.86. The standard InChI is InChI=1S/C20H22N4O2/c1-3-24-13-14(26-18-11-7-6-10-17(18)24)12-23(2)20(25)19-15-8-4-5-9-16(15)21-22-19/h4-11,14H,3,12-13H2,1-2H3,(H,21,22). The number of likely N-dealkylation sites (N-methyl/N-ethyl adjacent to an activating group) is 2. The molecule has 3 aromatic rings. The lowest BCUT2D eigenvalue weighted by Crippen LogP contribution is -2.46. The Morgan fingerprint density at radius 3 is 2.88 bits per heavy atom. The molecule has 1 amide bonds. The first kappa shape index (κ1) is 16.4. The second-order valence-electron chi connectivity index (χ2n) is 6.55. The van der Waals surface area contributed by atoms with Gasteiger partial charge in [-0.15, -0.1) is 0 Å². The average molecular weight is 350 g/mol. The third-order valence-electron chi connectivity index (χ3n) is 4.80. The number of ether oxygens (including phenoxy) is 1. The summed E-state index contributed by atoms with van der Waals surface area (Å²) in [5.41, 5.74) is 2.43. The summed E-state index contributed by atoms with van der Waals surface area (Å²) in [5.74, 6) is 0.768. The van der Waals surface area contributed by atoms with Gasteiger partial charge in [-0.1, -0.05) is 30.3 Å². The number of anilines is 1. The van der Waals surface area contributed by atoms with Crippen LogP contribution in [0.5, 0.6) is 5.75 Å². The van der Waals surface area contributed by atoms with E-state index >= 15 is 0 Å². The van der Waals surface area contributed by atoms with Gasteiger partial charge in [0.15, 0.2) is 5.69 Å². The molecule has 2 aromatic carbocycles. The zero-order valence-corrected chi connectivity index (χ0v) is 15.0. The Balaban J connectivity index is 1.51. The Bertz CT molecular complexity index is 936. The molecule has 0 saturated heterocycles. The summed E-state index contributed by atoms with van der Waals surface area (Å²) in [6.45, 7) is 4.29. The van der Waals surface area contributed by atoms with Crippen molar-refractivity contribution in [1.29, 1.82) is 0 Å². The summed E-state index contributed by atoms with van der Waals surface area (Å²) in [7, 11) is 1.80. The van der Waals surface area contributed by atoms with Crippen molar-refractivity contribution >= 4 is 22.5 Å². The van der Waals surface area contributed by atoms with Crippen molar-refractivity contribution in [2.75, 3.05) is 31.6 Å². The molecular formula is C20H22N4O2. The normalized spacial score (nSPS) is 16.2. The molecule has 1 aliphatic rings. The van der Waals surface area contributed by atoms with E-state index in [1.165, 1.54) is 0 Å². The predicted octanol–water partition coefficient (Wildman–Crippen LogP) is 2.92. The van der Waals surface area contributed by atoms with Crippen LogP contribution < -0.4 is 9.64 Å². The first-order chi connectivity index (χ1) is 12.7. The number of H-pyrrole nitrogens is 1. The third-order valence-corrected chi connectivity index (χ3v) is 4.80. The minimum absolute atomic E-state index is 0.0796. The van der Waals surface area contributed by atoms with E-state index in [0.717, 1.165) is 35.4 Å². The lowest BCUT2D eigenvalue weighted by atomic mass is 10.1. The van der Waals surface area contributed by atoms with E-state index in [1.807, 2.05) is 42.5 Å². The fraction of sp³-hybridized carbons (Fsp3) is 0.300. The van der Waals surface area contributed by atoms with Gasteiger partial charge in [0.05, 0.1) is 24.3 Å². The number of hydrogen-bond acceptors (Lipinski definition) is 4. The maximum absolute atomic E-state index is 12.9. The average Bonchev–Trinajstić information content (AvgIpc) is 3.10. The summed E-state index contributed by atoms with van der Waals surface area (Å²) in [4.78, 5) is 16.8. The van der Waals surface area contributed by atoms with Crippen LogP contribution >= 0.6 is 0 Å². The number of carbonyl (C=O) groups excluding carboxylic acids is 1. The Morgan fingerprint density at radius 2 is 2.04 bits per heavy atom. The van der Waals surface area contributed by atoms with Gasteiger partial charge in [-0.3, -0.25) is 9.89 Å². The van der Waals surface area contributed by atoms with Crippen LogP contribution in [0.25, 0.3) is 10.9 Å². The van der Waals surface area contributed by atoms with Crippen molar-refractivity contribution in [3.63, 3.8) is 0 Å². The molecule has 1 N–H and O–H groups in total. The van der Waals surface area contributed by atoms with Gasteiger partial charge < -0.3 is 14.5 Å². The smallest absolute Gasteiger partial charge is 0.274 e. The Kier molecular flexibility index (Phi) is 4.24. The van der Waals surface area contributed by atoms with E-state index in [-0.39, 0.29) is 12.0 Å². The Hall–Kier alpha value is -3.02. The summed E-state index contributed by atoms with van der Waals surface area (Å²) >= 11 is 0. The Morgan fingerprint density at radius 1 is 1.27 bits per heavy atom. The molecule has 2 heterocycles. The van der Waals surface area contributed by atoms with E-state index in [1.54, 1.807) is 11.9 Å². The monoisotopic (exact) mass is 350 g/mol. The molecule has 0 saturated carbocycles. The van der Waals surface area contributed by atoms with Gasteiger partial charge in [0.25, 0.3) is 5.91 Å². The molecule has 1 unspecified atom stereocenters. The first-order valence-corrected chi connectivity index (χ1v) is 8.86. The van der Waals surface area contributed by atoms with Gasteiger partial charge in [0.1, 0.15) is 11.9 Å². The van der Waals surface area contributed by atoms with Gasteiger partial charge in [0, 0.05) is 19.0 Å². The molecule has 0 fully saturated rings. The highest BCUT2D eigenvalue weighted by molar-refractivity contribution is 6.04. The van der Waals surface area contributed by atoms with Crippen LogP contribution in [0.2, 0.25) is 0 Å². The number of para-hydroxylation sites is 3. The number of aromatic amines is 1. The van der Waals surface area contributed by atoms with Crippen LogP contribution in [0, 0.1) is 0 Å². The van der Waals surface area contributed by atoms with E-state index in [2.05, 4.69) is 28.1 Å². The molecule has 134 valence electrons. The van der Waals surface area contributed by atoms with E-state index in [4.69, 9.17) is 4.74 Å². The number of carbonyl (C=O) groups is 1. The number of fused-ring (bicyclic) bond motifs is 2. The Labute approximate surface area is 152 Å². The van der Waals surface area contributed by atoms with Crippen molar-refractivity contribution < 1.29 is 9.53 Å². The molecule has 0 spiro atoms. The van der Waals surface area contributed by atoms with Crippen LogP contribution in [-0.4, -0.2) is 53.8 Å². The highest BCUT2D eigenvalue weighted by Crippen LogP contribution is 2.33. The molecule has 0 aliphatic carbocycles. The third kappa shape index (κ3) is 2.87. The quantitative estimate of drug-likeness (QED) is 0.786. The number of amides is 1. The number of hydrogen-bond donors (Lipinski definition) is 1. The molecule has 1 atom stereocenters. The van der Waals surface area contributed by atoms with Gasteiger partial charge in [-0.05, 0) is 25.1 Å². The van der Waals surface area contributed by atoms with Gasteiger partial charge >= 0.3 is 0 Å². The van der Waals surface area contributed by atoms with Crippen molar-refractivity contribution in [2.24, 2.45) is 0 Å². The highest BCUT2D eigenvalue weighted by Gasteiger charge is 2.28. The fourth-order valence-corrected chi connectivity index (χ4v) is 3.47. The minimum atomic E-state index is -0.104. The van der Waals surface area contributed by atoms with Gasteiger partial charge in [0.2, 0.25) is 0 Å². The van der Waals surface area contributed by atoms with E-state index in [9.17, 15) is 4.79 Å². The summed E-state index contributed by atoms with van der Waals surface area (Å²) < 4.78 is 6.13. The van der Waals surface area contributed by atoms with Gasteiger partial charge in [-0.25, -0.2) is 0 Å². The van der Waals surface area contributed by atoms with Gasteiger partial charge in [-0.2, -0.15) is 5.10 Å². The van der Waals surface area contributed by atoms with Crippen LogP contribution in [0.4, 0.5) is 5.69 Å². The number of nitrogens with one attached hydrogen (secondary N) is 1. The van der Waals surface area contributed by atoms with Crippen molar-refractivity contribution in [1.82, 2.24) is 15.1 Å². The lowest BCUT2D eigenvalue weighted by Gasteiger charge is -2.37. The lowest BCUT2D eigenvalue weighted by molar-refractivity contribution is 0.0706. The number of benzene rings is 2.